The summed E-state index contributed by atoms with van der Waals surface area (Å²) in [5.41, 5.74) is 1.40. The molecule has 11 heavy (non-hydrogen) atoms. The van der Waals surface area contributed by atoms with Gasteiger partial charge in [0.2, 0.25) is 0 Å². The second-order valence-electron chi connectivity index (χ2n) is 3.06. The summed E-state index contributed by atoms with van der Waals surface area (Å²) in [4.78, 5) is 0. The molecule has 0 radical (unpaired) electrons. The molecule has 0 bridgehead atoms. The van der Waals surface area contributed by atoms with Gasteiger partial charge in [-0.3, -0.25) is 0 Å². The van der Waals surface area contributed by atoms with Crippen LogP contribution in [0.25, 0.3) is 0 Å². The number of rotatable bonds is 3. The highest BCUT2D eigenvalue weighted by Gasteiger charge is 2.15. The van der Waals surface area contributed by atoms with Gasteiger partial charge < -0.3 is 9.84 Å². The minimum Gasteiger partial charge on any atom is -0.396 e. The average molecular weight is 156 g/mol. The van der Waals surface area contributed by atoms with Crippen molar-refractivity contribution in [3.8, 4) is 0 Å². The van der Waals surface area contributed by atoms with E-state index in [0.717, 1.165) is 26.1 Å². The van der Waals surface area contributed by atoms with Crippen LogP contribution in [0.2, 0.25) is 0 Å². The van der Waals surface area contributed by atoms with Crippen LogP contribution in [0.15, 0.2) is 11.6 Å². The van der Waals surface area contributed by atoms with Gasteiger partial charge in [0.25, 0.3) is 0 Å². The molecule has 0 aromatic carbocycles. The fourth-order valence-electron chi connectivity index (χ4n) is 1.24. The summed E-state index contributed by atoms with van der Waals surface area (Å²) in [7, 11) is 0. The minimum atomic E-state index is 0.291. The highest BCUT2D eigenvalue weighted by Crippen LogP contribution is 2.19. The molecule has 64 valence electrons. The quantitative estimate of drug-likeness (QED) is 0.493. The Morgan fingerprint density at radius 2 is 2.55 bits per heavy atom. The van der Waals surface area contributed by atoms with Crippen molar-refractivity contribution in [2.24, 2.45) is 5.92 Å². The van der Waals surface area contributed by atoms with Crippen molar-refractivity contribution in [3.05, 3.63) is 11.6 Å². The SMILES string of the molecule is C[C@H]1COC/C1=C\CCCO. The zero-order chi connectivity index (χ0) is 8.10. The topological polar surface area (TPSA) is 29.5 Å². The second kappa shape index (κ2) is 4.52. The lowest BCUT2D eigenvalue weighted by atomic mass is 10.0. The Labute approximate surface area is 67.9 Å². The maximum Gasteiger partial charge on any atom is 0.0680 e. The van der Waals surface area contributed by atoms with Crippen molar-refractivity contribution in [1.29, 1.82) is 0 Å². The number of allylic oxidation sites excluding steroid dienone is 1. The molecule has 1 atom stereocenters. The number of aliphatic hydroxyl groups excluding tert-OH is 1. The molecule has 0 spiro atoms. The molecule has 1 heterocycles. The van der Waals surface area contributed by atoms with E-state index >= 15 is 0 Å². The monoisotopic (exact) mass is 156 g/mol. The first-order valence-corrected chi connectivity index (χ1v) is 4.22. The molecule has 1 saturated heterocycles. The first-order valence-electron chi connectivity index (χ1n) is 4.22. The van der Waals surface area contributed by atoms with Crippen LogP contribution in [0, 0.1) is 5.92 Å². The second-order valence-corrected chi connectivity index (χ2v) is 3.06. The van der Waals surface area contributed by atoms with E-state index in [1.807, 2.05) is 0 Å². The third kappa shape index (κ3) is 2.64. The summed E-state index contributed by atoms with van der Waals surface area (Å²) >= 11 is 0. The van der Waals surface area contributed by atoms with Gasteiger partial charge in [-0.2, -0.15) is 0 Å². The predicted octanol–water partition coefficient (Wildman–Crippen LogP) is 1.35. The van der Waals surface area contributed by atoms with Gasteiger partial charge in [-0.1, -0.05) is 13.0 Å². The highest BCUT2D eigenvalue weighted by molar-refractivity contribution is 5.09. The molecule has 0 amide bonds. The first-order chi connectivity index (χ1) is 5.34. The van der Waals surface area contributed by atoms with Gasteiger partial charge in [-0.25, -0.2) is 0 Å². The van der Waals surface area contributed by atoms with Gasteiger partial charge in [0, 0.05) is 12.5 Å². The van der Waals surface area contributed by atoms with Crippen LogP contribution in [0.4, 0.5) is 0 Å². The molecule has 0 saturated carbocycles. The molecule has 2 nitrogen and oxygen atoms in total. The van der Waals surface area contributed by atoms with Gasteiger partial charge in [0.1, 0.15) is 0 Å². The third-order valence-corrected chi connectivity index (χ3v) is 2.04. The fraction of sp³-hybridized carbons (Fsp3) is 0.778. The van der Waals surface area contributed by atoms with Gasteiger partial charge in [0.15, 0.2) is 0 Å². The molecule has 1 N–H and O–H groups in total. The summed E-state index contributed by atoms with van der Waals surface area (Å²) in [6.45, 7) is 4.13. The average Bonchev–Trinajstić information content (AvgIpc) is 2.37. The molecule has 1 aliphatic rings. The molecule has 1 fully saturated rings. The minimum absolute atomic E-state index is 0.291. The maximum atomic E-state index is 8.55. The lowest BCUT2D eigenvalue weighted by Crippen LogP contribution is -1.94. The molecule has 0 aromatic rings. The smallest absolute Gasteiger partial charge is 0.0680 e. The van der Waals surface area contributed by atoms with E-state index in [0.29, 0.717) is 12.5 Å². The number of aliphatic hydroxyl groups is 1. The van der Waals surface area contributed by atoms with E-state index in [4.69, 9.17) is 9.84 Å². The lowest BCUT2D eigenvalue weighted by molar-refractivity contribution is 0.191. The van der Waals surface area contributed by atoms with E-state index in [1.165, 1.54) is 5.57 Å². The molecule has 0 unspecified atom stereocenters. The highest BCUT2D eigenvalue weighted by atomic mass is 16.5. The van der Waals surface area contributed by atoms with Gasteiger partial charge in [-0.15, -0.1) is 0 Å². The van der Waals surface area contributed by atoms with E-state index < -0.39 is 0 Å². The molecular weight excluding hydrogens is 140 g/mol. The summed E-state index contributed by atoms with van der Waals surface area (Å²) in [5.74, 6) is 0.591. The fourth-order valence-corrected chi connectivity index (χ4v) is 1.24. The Morgan fingerprint density at radius 3 is 3.09 bits per heavy atom. The predicted molar refractivity (Wildman–Crippen MR) is 44.4 cm³/mol. The number of unbranched alkanes of at least 4 members (excludes halogenated alkanes) is 1. The lowest BCUT2D eigenvalue weighted by Gasteiger charge is -2.00. The largest absolute Gasteiger partial charge is 0.396 e. The van der Waals surface area contributed by atoms with Crippen LogP contribution >= 0.6 is 0 Å². The van der Waals surface area contributed by atoms with Crippen LogP contribution < -0.4 is 0 Å². The summed E-state index contributed by atoms with van der Waals surface area (Å²) in [6, 6.07) is 0. The summed E-state index contributed by atoms with van der Waals surface area (Å²) in [6.07, 6.45) is 4.06. The molecule has 1 rings (SSSR count). The summed E-state index contributed by atoms with van der Waals surface area (Å²) < 4.78 is 5.27. The Morgan fingerprint density at radius 1 is 1.73 bits per heavy atom. The number of hydrogen-bond acceptors (Lipinski definition) is 2. The van der Waals surface area contributed by atoms with Gasteiger partial charge in [-0.05, 0) is 18.4 Å². The molecule has 2 heteroatoms. The van der Waals surface area contributed by atoms with Gasteiger partial charge in [0.05, 0.1) is 13.2 Å². The van der Waals surface area contributed by atoms with Crippen LogP contribution in [0.3, 0.4) is 0 Å². The zero-order valence-corrected chi connectivity index (χ0v) is 7.05. The third-order valence-electron chi connectivity index (χ3n) is 2.04. The normalized spacial score (nSPS) is 28.2. The Hall–Kier alpha value is -0.340. The maximum absolute atomic E-state index is 8.55. The first kappa shape index (κ1) is 8.75. The Balaban J connectivity index is 2.27. The number of hydrogen-bond donors (Lipinski definition) is 1. The van der Waals surface area contributed by atoms with E-state index in [2.05, 4.69) is 13.0 Å². The van der Waals surface area contributed by atoms with Crippen molar-refractivity contribution in [3.63, 3.8) is 0 Å². The molecule has 0 aliphatic carbocycles. The van der Waals surface area contributed by atoms with Crippen molar-refractivity contribution < 1.29 is 9.84 Å². The van der Waals surface area contributed by atoms with E-state index in [-0.39, 0.29) is 0 Å². The molecule has 0 aromatic heterocycles. The summed E-state index contributed by atoms with van der Waals surface area (Å²) in [5, 5.41) is 8.55. The molecule has 1 aliphatic heterocycles. The van der Waals surface area contributed by atoms with E-state index in [1.54, 1.807) is 0 Å². The van der Waals surface area contributed by atoms with E-state index in [9.17, 15) is 0 Å². The van der Waals surface area contributed by atoms with Crippen molar-refractivity contribution in [1.82, 2.24) is 0 Å². The van der Waals surface area contributed by atoms with Crippen LogP contribution in [0.1, 0.15) is 19.8 Å². The van der Waals surface area contributed by atoms with Crippen LogP contribution in [-0.4, -0.2) is 24.9 Å². The zero-order valence-electron chi connectivity index (χ0n) is 7.05. The number of ether oxygens (including phenoxy) is 1. The van der Waals surface area contributed by atoms with Gasteiger partial charge >= 0.3 is 0 Å². The van der Waals surface area contributed by atoms with Crippen LogP contribution in [-0.2, 0) is 4.74 Å². The molecular formula is C9H16O2. The standard InChI is InChI=1S/C9H16O2/c1-8-6-11-7-9(8)4-2-3-5-10/h4,8,10H,2-3,5-7H2,1H3/b9-4+/t8-/m0/s1. The van der Waals surface area contributed by atoms with Crippen molar-refractivity contribution in [2.75, 3.05) is 19.8 Å². The van der Waals surface area contributed by atoms with Crippen molar-refractivity contribution >= 4 is 0 Å². The Bertz CT molecular complexity index is 140. The van der Waals surface area contributed by atoms with Crippen LogP contribution in [0.5, 0.6) is 0 Å². The van der Waals surface area contributed by atoms with Crippen molar-refractivity contribution in [2.45, 2.75) is 19.8 Å². The Kier molecular flexibility index (Phi) is 3.60.